The zero-order chi connectivity index (χ0) is 24.2. The molecule has 34 heavy (non-hydrogen) atoms. The van der Waals surface area contributed by atoms with Gasteiger partial charge in [-0.15, -0.1) is 11.3 Å². The first kappa shape index (κ1) is 22.3. The maximum atomic E-state index is 13.7. The lowest BCUT2D eigenvalue weighted by molar-refractivity contribution is -0.137. The number of para-hydroxylation sites is 1. The number of carbonyl (C=O) groups is 1. The van der Waals surface area contributed by atoms with E-state index < -0.39 is 11.7 Å². The lowest BCUT2D eigenvalue weighted by atomic mass is 10.1. The number of H-pyrrole nitrogens is 1. The lowest BCUT2D eigenvalue weighted by Gasteiger charge is -2.22. The molecule has 1 aliphatic rings. The highest BCUT2D eigenvalue weighted by molar-refractivity contribution is 7.15. The number of fused-ring (bicyclic) bond motifs is 1. The topological polar surface area (TPSA) is 61.9 Å². The molecular formula is C25H21F3N4OS. The van der Waals surface area contributed by atoms with E-state index in [-0.39, 0.29) is 17.6 Å². The number of nitrogens with zero attached hydrogens (tertiary/aromatic N) is 3. The number of likely N-dealkylation sites (tertiary alicyclic amines) is 1. The molecule has 1 amide bonds. The van der Waals surface area contributed by atoms with Crippen molar-refractivity contribution in [3.05, 3.63) is 82.3 Å². The number of halogens is 3. The van der Waals surface area contributed by atoms with Crippen molar-refractivity contribution in [1.29, 1.82) is 0 Å². The number of hydrogen-bond donors (Lipinski definition) is 1. The van der Waals surface area contributed by atoms with Gasteiger partial charge >= 0.3 is 6.18 Å². The molecule has 2 aromatic carbocycles. The highest BCUT2D eigenvalue weighted by Gasteiger charge is 2.37. The SMILES string of the molecule is C=C1CC(c2nc3cccc(C)c3[nH]2)N(C(=O)c2nc(C)sc2-c2cccc(C(F)(F)F)c2)C1. The number of imidazole rings is 1. The van der Waals surface area contributed by atoms with E-state index >= 15 is 0 Å². The molecule has 0 saturated carbocycles. The van der Waals surface area contributed by atoms with Crippen molar-refractivity contribution >= 4 is 28.3 Å². The summed E-state index contributed by atoms with van der Waals surface area (Å²) >= 11 is 1.21. The van der Waals surface area contributed by atoms with Crippen LogP contribution in [-0.4, -0.2) is 32.3 Å². The van der Waals surface area contributed by atoms with Gasteiger partial charge < -0.3 is 9.88 Å². The second-order valence-electron chi connectivity index (χ2n) is 8.48. The minimum atomic E-state index is -4.48. The molecule has 1 N–H and O–H groups in total. The van der Waals surface area contributed by atoms with Gasteiger partial charge in [-0.25, -0.2) is 9.97 Å². The van der Waals surface area contributed by atoms with Gasteiger partial charge in [0.1, 0.15) is 11.5 Å². The highest BCUT2D eigenvalue weighted by atomic mass is 32.1. The third kappa shape index (κ3) is 3.90. The molecule has 0 aliphatic carbocycles. The average Bonchev–Trinajstić information content (AvgIpc) is 3.49. The minimum Gasteiger partial charge on any atom is -0.340 e. The smallest absolute Gasteiger partial charge is 0.340 e. The fourth-order valence-corrected chi connectivity index (χ4v) is 5.26. The van der Waals surface area contributed by atoms with Crippen molar-refractivity contribution in [3.8, 4) is 10.4 Å². The normalized spacial score (nSPS) is 16.6. The van der Waals surface area contributed by atoms with Crippen LogP contribution >= 0.6 is 11.3 Å². The molecule has 1 fully saturated rings. The van der Waals surface area contributed by atoms with Crippen LogP contribution in [0, 0.1) is 13.8 Å². The Kier molecular flexibility index (Phi) is 5.31. The van der Waals surface area contributed by atoms with Crippen molar-refractivity contribution in [2.24, 2.45) is 0 Å². The zero-order valence-corrected chi connectivity index (χ0v) is 19.3. The van der Waals surface area contributed by atoms with E-state index in [0.29, 0.717) is 34.2 Å². The summed E-state index contributed by atoms with van der Waals surface area (Å²) in [5.41, 5.74) is 3.35. The molecule has 1 saturated heterocycles. The Morgan fingerprint density at radius 1 is 1.18 bits per heavy atom. The summed E-state index contributed by atoms with van der Waals surface area (Å²) in [5.74, 6) is 0.307. The number of rotatable bonds is 3. The maximum absolute atomic E-state index is 13.7. The first-order valence-electron chi connectivity index (χ1n) is 10.7. The van der Waals surface area contributed by atoms with E-state index in [2.05, 4.69) is 16.5 Å². The minimum absolute atomic E-state index is 0.147. The number of carbonyl (C=O) groups excluding carboxylic acids is 1. The van der Waals surface area contributed by atoms with E-state index in [1.165, 1.54) is 17.4 Å². The summed E-state index contributed by atoms with van der Waals surface area (Å²) in [4.78, 5) is 28.3. The van der Waals surface area contributed by atoms with Gasteiger partial charge in [0, 0.05) is 6.54 Å². The Bertz CT molecular complexity index is 1440. The average molecular weight is 483 g/mol. The molecule has 3 heterocycles. The summed E-state index contributed by atoms with van der Waals surface area (Å²) in [7, 11) is 0. The Balaban J connectivity index is 1.54. The molecule has 9 heteroatoms. The van der Waals surface area contributed by atoms with Crippen molar-refractivity contribution in [1.82, 2.24) is 19.9 Å². The molecule has 174 valence electrons. The van der Waals surface area contributed by atoms with Crippen LogP contribution in [0.25, 0.3) is 21.5 Å². The number of aryl methyl sites for hydroxylation is 2. The predicted molar refractivity (Wildman–Crippen MR) is 126 cm³/mol. The third-order valence-electron chi connectivity index (χ3n) is 5.96. The van der Waals surface area contributed by atoms with Crippen molar-refractivity contribution in [3.63, 3.8) is 0 Å². The van der Waals surface area contributed by atoms with Gasteiger partial charge in [-0.1, -0.05) is 36.4 Å². The van der Waals surface area contributed by atoms with Gasteiger partial charge in [0.15, 0.2) is 0 Å². The van der Waals surface area contributed by atoms with Gasteiger partial charge in [0.2, 0.25) is 0 Å². The van der Waals surface area contributed by atoms with Crippen molar-refractivity contribution in [2.45, 2.75) is 32.5 Å². The Labute approximate surface area is 198 Å². The molecule has 4 aromatic rings. The van der Waals surface area contributed by atoms with Gasteiger partial charge in [-0.2, -0.15) is 13.2 Å². The number of amides is 1. The standard InChI is InChI=1S/C25H21F3N4OS/c1-13-10-19(23-30-18-9-4-6-14(2)20(18)31-23)32(12-13)24(33)21-22(34-15(3)29-21)16-7-5-8-17(11-16)25(26,27)28/h4-9,11,19H,1,10,12H2,2-3H3,(H,30,31). The van der Waals surface area contributed by atoms with Crippen LogP contribution < -0.4 is 0 Å². The molecule has 1 atom stereocenters. The molecule has 1 unspecified atom stereocenters. The Morgan fingerprint density at radius 2 is 1.94 bits per heavy atom. The third-order valence-corrected chi connectivity index (χ3v) is 6.98. The van der Waals surface area contributed by atoms with Crippen LogP contribution in [0.15, 0.2) is 54.6 Å². The van der Waals surface area contributed by atoms with E-state index in [1.807, 2.05) is 25.1 Å². The van der Waals surface area contributed by atoms with Crippen LogP contribution in [0.5, 0.6) is 0 Å². The van der Waals surface area contributed by atoms with Crippen molar-refractivity contribution < 1.29 is 18.0 Å². The number of alkyl halides is 3. The second kappa shape index (κ2) is 8.09. The number of thiazole rings is 1. The molecule has 5 nitrogen and oxygen atoms in total. The summed E-state index contributed by atoms with van der Waals surface area (Å²) in [6.45, 7) is 8.13. The summed E-state index contributed by atoms with van der Waals surface area (Å²) in [6.07, 6.45) is -3.93. The highest BCUT2D eigenvalue weighted by Crippen LogP contribution is 2.39. The molecule has 2 aromatic heterocycles. The van der Waals surface area contributed by atoms with Crippen molar-refractivity contribution in [2.75, 3.05) is 6.54 Å². The van der Waals surface area contributed by atoms with Crippen LogP contribution in [0.1, 0.15) is 44.9 Å². The van der Waals surface area contributed by atoms with Crippen LogP contribution in [0.3, 0.4) is 0 Å². The second-order valence-corrected chi connectivity index (χ2v) is 9.69. The summed E-state index contributed by atoms with van der Waals surface area (Å²) < 4.78 is 39.9. The number of nitrogens with one attached hydrogen (secondary N) is 1. The predicted octanol–water partition coefficient (Wildman–Crippen LogP) is 6.47. The van der Waals surface area contributed by atoms with Crippen LogP contribution in [0.4, 0.5) is 13.2 Å². The first-order chi connectivity index (χ1) is 16.1. The van der Waals surface area contributed by atoms with Crippen LogP contribution in [-0.2, 0) is 6.18 Å². The van der Waals surface area contributed by atoms with Gasteiger partial charge in [-0.05, 0) is 49.6 Å². The quantitative estimate of drug-likeness (QED) is 0.341. The fraction of sp³-hybridized carbons (Fsp3) is 0.240. The largest absolute Gasteiger partial charge is 0.416 e. The Hall–Kier alpha value is -3.46. The molecule has 0 spiro atoms. The molecule has 1 aliphatic heterocycles. The molecular weight excluding hydrogens is 461 g/mol. The fourth-order valence-electron chi connectivity index (χ4n) is 4.35. The lowest BCUT2D eigenvalue weighted by Crippen LogP contribution is -2.31. The van der Waals surface area contributed by atoms with E-state index in [9.17, 15) is 18.0 Å². The zero-order valence-electron chi connectivity index (χ0n) is 18.5. The number of aromatic nitrogens is 3. The summed E-state index contributed by atoms with van der Waals surface area (Å²) in [6, 6.07) is 10.5. The maximum Gasteiger partial charge on any atom is 0.416 e. The van der Waals surface area contributed by atoms with E-state index in [0.717, 1.165) is 34.3 Å². The first-order valence-corrected chi connectivity index (χ1v) is 11.5. The number of aromatic amines is 1. The molecule has 0 bridgehead atoms. The number of hydrogen-bond acceptors (Lipinski definition) is 4. The molecule has 5 rings (SSSR count). The molecule has 0 radical (unpaired) electrons. The summed E-state index contributed by atoms with van der Waals surface area (Å²) in [5, 5.41) is 0.602. The van der Waals surface area contributed by atoms with Gasteiger partial charge in [0.25, 0.3) is 5.91 Å². The van der Waals surface area contributed by atoms with Crippen LogP contribution in [0.2, 0.25) is 0 Å². The Morgan fingerprint density at radius 3 is 2.68 bits per heavy atom. The van der Waals surface area contributed by atoms with Gasteiger partial charge in [0.05, 0.1) is 32.5 Å². The van der Waals surface area contributed by atoms with Gasteiger partial charge in [-0.3, -0.25) is 4.79 Å². The van der Waals surface area contributed by atoms with E-state index in [1.54, 1.807) is 17.9 Å². The number of benzene rings is 2. The van der Waals surface area contributed by atoms with E-state index in [4.69, 9.17) is 4.98 Å². The monoisotopic (exact) mass is 482 g/mol.